The summed E-state index contributed by atoms with van der Waals surface area (Å²) in [6.07, 6.45) is 12.9. The number of hydrogen-bond acceptors (Lipinski definition) is 9. The van der Waals surface area contributed by atoms with Gasteiger partial charge < -0.3 is 25.6 Å². The number of alkyl carbamates (subject to hydrolysis) is 1. The molecule has 2 saturated carbocycles. The quantitative estimate of drug-likeness (QED) is 0.207. The molecule has 4 unspecified atom stereocenters. The SMILES string of the molecule is CCOC(=O)NCCNC(=O)C1=CC(=NC2CCCCCC=CC3CC3(C(=O)NS(=O)(=O)C3(C)CC3)NC(=O)C3CCCN3C2=O)CCC1. The monoisotopic (exact) mass is 702 g/mol. The lowest BCUT2D eigenvalue weighted by molar-refractivity contribution is -0.140. The van der Waals surface area contributed by atoms with Crippen molar-refractivity contribution in [2.75, 3.05) is 26.2 Å². The third kappa shape index (κ3) is 8.71. The summed E-state index contributed by atoms with van der Waals surface area (Å²) in [5.74, 6) is -2.06. The van der Waals surface area contributed by atoms with E-state index in [1.165, 1.54) is 0 Å². The Morgan fingerprint density at radius 1 is 1.04 bits per heavy atom. The van der Waals surface area contributed by atoms with Gasteiger partial charge in [-0.1, -0.05) is 25.0 Å². The Bertz CT molecular complexity index is 1520. The van der Waals surface area contributed by atoms with Crippen molar-refractivity contribution in [3.05, 3.63) is 23.8 Å². The van der Waals surface area contributed by atoms with Crippen LogP contribution in [0.2, 0.25) is 0 Å². The van der Waals surface area contributed by atoms with Crippen LogP contribution in [0.4, 0.5) is 4.79 Å². The lowest BCUT2D eigenvalue weighted by Gasteiger charge is -2.29. The highest BCUT2D eigenvalue weighted by molar-refractivity contribution is 7.91. The Balaban J connectivity index is 1.30. The fourth-order valence-corrected chi connectivity index (χ4v) is 8.08. The van der Waals surface area contributed by atoms with Crippen LogP contribution >= 0.6 is 0 Å². The first-order valence-corrected chi connectivity index (χ1v) is 19.2. The maximum Gasteiger partial charge on any atom is 0.407 e. The van der Waals surface area contributed by atoms with Crippen molar-refractivity contribution in [3.63, 3.8) is 0 Å². The molecule has 0 radical (unpaired) electrons. The second-order valence-electron chi connectivity index (χ2n) is 14.0. The predicted molar refractivity (Wildman–Crippen MR) is 182 cm³/mol. The second-order valence-corrected chi connectivity index (χ2v) is 16.2. The highest BCUT2D eigenvalue weighted by atomic mass is 32.2. The average molecular weight is 703 g/mol. The van der Waals surface area contributed by atoms with Crippen molar-refractivity contribution in [1.82, 2.24) is 25.6 Å². The van der Waals surface area contributed by atoms with E-state index >= 15 is 0 Å². The van der Waals surface area contributed by atoms with Crippen LogP contribution in [-0.2, 0) is 33.9 Å². The maximum absolute atomic E-state index is 14.1. The van der Waals surface area contributed by atoms with Gasteiger partial charge in [0.15, 0.2) is 0 Å². The molecule has 2 heterocycles. The van der Waals surface area contributed by atoms with Crippen LogP contribution in [0.25, 0.3) is 0 Å². The van der Waals surface area contributed by atoms with Gasteiger partial charge in [-0.25, -0.2) is 13.2 Å². The van der Waals surface area contributed by atoms with Gasteiger partial charge in [-0.2, -0.15) is 0 Å². The van der Waals surface area contributed by atoms with Gasteiger partial charge in [0.25, 0.3) is 5.91 Å². The zero-order chi connectivity index (χ0) is 35.2. The first-order chi connectivity index (χ1) is 23.4. The minimum atomic E-state index is -3.90. The topological polar surface area (TPSA) is 192 Å². The smallest absolute Gasteiger partial charge is 0.407 e. The standard InChI is InChI=1S/C34H50N6O8S/c1-3-48-32(45)36-19-18-35-28(41)23-11-9-13-25(21-23)37-26-14-8-6-4-5-7-12-24-22-34(24,31(44)39-49(46,47)33(2)16-17-33)38-29(42)27-15-10-20-40(27)30(26)43/h7,12,21,24,26-27H,3-6,8-11,13-20,22H2,1-2H3,(H,35,41)(H,36,45)(H,38,42)(H,39,44). The van der Waals surface area contributed by atoms with E-state index in [-0.39, 0.29) is 43.8 Å². The normalized spacial score (nSPS) is 29.3. The van der Waals surface area contributed by atoms with Gasteiger partial charge >= 0.3 is 6.09 Å². The molecule has 14 nitrogen and oxygen atoms in total. The minimum absolute atomic E-state index is 0.223. The van der Waals surface area contributed by atoms with Gasteiger partial charge in [0.05, 0.1) is 11.4 Å². The Morgan fingerprint density at radius 2 is 1.82 bits per heavy atom. The Kier molecular flexibility index (Phi) is 11.5. The second kappa shape index (κ2) is 15.4. The Labute approximate surface area is 288 Å². The molecule has 15 heteroatoms. The molecule has 5 amide bonds. The zero-order valence-electron chi connectivity index (χ0n) is 28.6. The van der Waals surface area contributed by atoms with Crippen molar-refractivity contribution in [2.45, 2.75) is 120 Å². The summed E-state index contributed by atoms with van der Waals surface area (Å²) < 4.78 is 31.9. The molecule has 3 fully saturated rings. The number of sulfonamides is 1. The molecule has 0 aromatic carbocycles. The molecule has 270 valence electrons. The molecule has 4 atom stereocenters. The molecule has 5 aliphatic rings. The Hall–Kier alpha value is -3.75. The summed E-state index contributed by atoms with van der Waals surface area (Å²) in [5.41, 5.74) is -0.180. The van der Waals surface area contributed by atoms with Crippen LogP contribution < -0.4 is 20.7 Å². The van der Waals surface area contributed by atoms with E-state index in [1.807, 2.05) is 12.2 Å². The van der Waals surface area contributed by atoms with Gasteiger partial charge in [-0.05, 0) is 90.6 Å². The Morgan fingerprint density at radius 3 is 2.57 bits per heavy atom. The molecule has 3 aliphatic carbocycles. The first-order valence-electron chi connectivity index (χ1n) is 17.7. The summed E-state index contributed by atoms with van der Waals surface area (Å²) in [5, 5.41) is 8.25. The summed E-state index contributed by atoms with van der Waals surface area (Å²) in [7, 11) is -3.90. The number of nitrogens with zero attached hydrogens (tertiary/aromatic N) is 2. The molecule has 4 N–H and O–H groups in total. The summed E-state index contributed by atoms with van der Waals surface area (Å²) in [6.45, 7) is 4.40. The molecule has 0 bridgehead atoms. The molecule has 49 heavy (non-hydrogen) atoms. The molecular formula is C34H50N6O8S. The number of ether oxygens (including phenoxy) is 1. The van der Waals surface area contributed by atoms with Gasteiger partial charge in [-0.3, -0.25) is 28.9 Å². The largest absolute Gasteiger partial charge is 0.450 e. The minimum Gasteiger partial charge on any atom is -0.450 e. The maximum atomic E-state index is 14.1. The van der Waals surface area contributed by atoms with Crippen LogP contribution in [-0.4, -0.2) is 97.4 Å². The molecule has 0 spiro atoms. The first kappa shape index (κ1) is 36.5. The van der Waals surface area contributed by atoms with Crippen molar-refractivity contribution in [3.8, 4) is 0 Å². The lowest BCUT2D eigenvalue weighted by Crippen LogP contribution is -2.57. The van der Waals surface area contributed by atoms with Crippen molar-refractivity contribution < 1.29 is 37.1 Å². The number of allylic oxidation sites excluding steroid dienone is 2. The molecule has 0 aromatic heterocycles. The van der Waals surface area contributed by atoms with Crippen molar-refractivity contribution >= 4 is 45.5 Å². The molecule has 1 saturated heterocycles. The summed E-state index contributed by atoms with van der Waals surface area (Å²) in [4.78, 5) is 72.2. The third-order valence-electron chi connectivity index (χ3n) is 10.2. The number of aliphatic imine (C=N–C) groups is 1. The van der Waals surface area contributed by atoms with Crippen LogP contribution in [0.3, 0.4) is 0 Å². The lowest BCUT2D eigenvalue weighted by atomic mass is 9.96. The molecule has 0 aromatic rings. The van der Waals surface area contributed by atoms with Crippen molar-refractivity contribution in [2.24, 2.45) is 10.9 Å². The third-order valence-corrected chi connectivity index (χ3v) is 12.4. The van der Waals surface area contributed by atoms with Gasteiger partial charge in [0.1, 0.15) is 17.6 Å². The fraction of sp³-hybridized carbons (Fsp3) is 0.706. The number of hydrogen-bond donors (Lipinski definition) is 4. The highest BCUT2D eigenvalue weighted by Gasteiger charge is 2.63. The van der Waals surface area contributed by atoms with E-state index in [0.29, 0.717) is 69.2 Å². The van der Waals surface area contributed by atoms with Gasteiger partial charge in [0.2, 0.25) is 27.7 Å². The van der Waals surface area contributed by atoms with Crippen LogP contribution in [0.15, 0.2) is 28.8 Å². The average Bonchev–Trinajstić information content (AvgIpc) is 3.93. The summed E-state index contributed by atoms with van der Waals surface area (Å²) in [6, 6.07) is -1.54. The number of carbonyl (C=O) groups is 5. The number of fused-ring (bicyclic) bond motifs is 2. The molecule has 2 aliphatic heterocycles. The summed E-state index contributed by atoms with van der Waals surface area (Å²) >= 11 is 0. The van der Waals surface area contributed by atoms with E-state index in [2.05, 4.69) is 20.7 Å². The number of rotatable bonds is 9. The van der Waals surface area contributed by atoms with Gasteiger partial charge in [0, 0.05) is 36.8 Å². The van der Waals surface area contributed by atoms with Gasteiger partial charge in [-0.15, -0.1) is 0 Å². The van der Waals surface area contributed by atoms with Crippen molar-refractivity contribution in [1.29, 1.82) is 0 Å². The van der Waals surface area contributed by atoms with E-state index in [4.69, 9.17) is 9.73 Å². The number of carbonyl (C=O) groups excluding carboxylic acids is 5. The number of amides is 5. The molecule has 5 rings (SSSR count). The van der Waals surface area contributed by atoms with E-state index in [9.17, 15) is 32.4 Å². The van der Waals surface area contributed by atoms with Crippen LogP contribution in [0, 0.1) is 5.92 Å². The predicted octanol–water partition coefficient (Wildman–Crippen LogP) is 2.15. The zero-order valence-corrected chi connectivity index (χ0v) is 29.4. The molecular weight excluding hydrogens is 652 g/mol. The van der Waals surface area contributed by atoms with E-state index in [1.54, 1.807) is 24.8 Å². The number of nitrogens with one attached hydrogen (secondary N) is 4. The van der Waals surface area contributed by atoms with E-state index in [0.717, 1.165) is 25.7 Å². The highest BCUT2D eigenvalue weighted by Crippen LogP contribution is 2.47. The van der Waals surface area contributed by atoms with Crippen LogP contribution in [0.1, 0.15) is 97.3 Å². The fourth-order valence-electron chi connectivity index (χ4n) is 6.76. The van der Waals surface area contributed by atoms with Crippen LogP contribution in [0.5, 0.6) is 0 Å². The van der Waals surface area contributed by atoms with E-state index < -0.39 is 50.3 Å².